The lowest BCUT2D eigenvalue weighted by Gasteiger charge is -2.45. The summed E-state index contributed by atoms with van der Waals surface area (Å²) in [5.41, 5.74) is 5.40. The maximum Gasteiger partial charge on any atom is 0.186 e. The Hall–Kier alpha value is -3.12. The standard InChI is InChI=1S/C39H44BrNO7/c1-42-39-38(47-27-32-14-8-9-15-34(32)41-20-22-43-23-21-41)37(46-26-30-12-6-3-7-13-30)36(45-25-29-10-4-2-5-11-29)35(48-39)28-44-24-31-16-18-33(40)19-17-31/h2-19,35-39H,20-28H2,1H3/t35-,36-,37+,38-,39-/m1/s1. The third kappa shape index (κ3) is 9.52. The van der Waals surface area contributed by atoms with Crippen molar-refractivity contribution in [2.24, 2.45) is 0 Å². The van der Waals surface area contributed by atoms with E-state index in [9.17, 15) is 0 Å². The first kappa shape index (κ1) is 34.7. The minimum absolute atomic E-state index is 0.285. The first-order valence-corrected chi connectivity index (χ1v) is 17.3. The molecule has 0 unspecified atom stereocenters. The Balaban J connectivity index is 1.25. The zero-order chi connectivity index (χ0) is 33.0. The molecule has 2 aliphatic rings. The molecular weight excluding hydrogens is 674 g/mol. The average Bonchev–Trinajstić information content (AvgIpc) is 3.14. The van der Waals surface area contributed by atoms with E-state index in [-0.39, 0.29) is 6.61 Å². The summed E-state index contributed by atoms with van der Waals surface area (Å²) in [4.78, 5) is 2.35. The fourth-order valence-corrected chi connectivity index (χ4v) is 6.37. The molecule has 0 saturated carbocycles. The van der Waals surface area contributed by atoms with Crippen molar-refractivity contribution < 1.29 is 33.2 Å². The summed E-state index contributed by atoms with van der Waals surface area (Å²) in [6.45, 7) is 4.92. The summed E-state index contributed by atoms with van der Waals surface area (Å²) >= 11 is 3.51. The van der Waals surface area contributed by atoms with E-state index in [0.29, 0.717) is 39.6 Å². The highest BCUT2D eigenvalue weighted by Gasteiger charge is 2.49. The molecule has 8 nitrogen and oxygen atoms in total. The molecular formula is C39H44BrNO7. The highest BCUT2D eigenvalue weighted by atomic mass is 79.9. The number of methoxy groups -OCH3 is 1. The number of nitrogens with zero attached hydrogens (tertiary/aromatic N) is 1. The number of para-hydroxylation sites is 1. The summed E-state index contributed by atoms with van der Waals surface area (Å²) in [5.74, 6) is 0. The number of hydrogen-bond acceptors (Lipinski definition) is 8. The van der Waals surface area contributed by atoms with E-state index in [1.165, 1.54) is 0 Å². The number of ether oxygens (including phenoxy) is 7. The van der Waals surface area contributed by atoms with Gasteiger partial charge in [0.15, 0.2) is 6.29 Å². The van der Waals surface area contributed by atoms with E-state index >= 15 is 0 Å². The lowest BCUT2D eigenvalue weighted by molar-refractivity contribution is -0.323. The molecule has 0 radical (unpaired) electrons. The predicted molar refractivity (Wildman–Crippen MR) is 188 cm³/mol. The predicted octanol–water partition coefficient (Wildman–Crippen LogP) is 6.93. The van der Waals surface area contributed by atoms with Crippen molar-refractivity contribution in [3.63, 3.8) is 0 Å². The molecule has 4 aromatic rings. The van der Waals surface area contributed by atoms with Gasteiger partial charge in [0.25, 0.3) is 0 Å². The molecule has 0 bridgehead atoms. The quantitative estimate of drug-likeness (QED) is 0.131. The van der Waals surface area contributed by atoms with Gasteiger partial charge in [-0.05, 0) is 34.9 Å². The van der Waals surface area contributed by atoms with Gasteiger partial charge in [0.1, 0.15) is 24.4 Å². The van der Waals surface area contributed by atoms with Gasteiger partial charge in [-0.3, -0.25) is 0 Å². The molecule has 5 atom stereocenters. The topological polar surface area (TPSA) is 67.9 Å². The fraction of sp³-hybridized carbons (Fsp3) is 0.385. The summed E-state index contributed by atoms with van der Waals surface area (Å²) in [6, 6.07) is 36.7. The minimum Gasteiger partial charge on any atom is -0.378 e. The van der Waals surface area contributed by atoms with Gasteiger partial charge in [0, 0.05) is 35.9 Å². The Morgan fingerprint density at radius 3 is 1.90 bits per heavy atom. The van der Waals surface area contributed by atoms with Gasteiger partial charge < -0.3 is 38.1 Å². The Morgan fingerprint density at radius 1 is 0.646 bits per heavy atom. The summed E-state index contributed by atoms with van der Waals surface area (Å²) < 4.78 is 45.7. The van der Waals surface area contributed by atoms with Gasteiger partial charge in [-0.1, -0.05) is 107 Å². The van der Waals surface area contributed by atoms with Crippen molar-refractivity contribution in [1.29, 1.82) is 0 Å². The number of benzene rings is 4. The van der Waals surface area contributed by atoms with Crippen molar-refractivity contribution in [3.05, 3.63) is 136 Å². The second kappa shape index (κ2) is 18.0. The first-order valence-electron chi connectivity index (χ1n) is 16.5. The van der Waals surface area contributed by atoms with Crippen molar-refractivity contribution in [2.45, 2.75) is 57.1 Å². The van der Waals surface area contributed by atoms with E-state index < -0.39 is 30.7 Å². The van der Waals surface area contributed by atoms with Crippen LogP contribution in [0, 0.1) is 0 Å². The number of hydrogen-bond donors (Lipinski definition) is 0. The van der Waals surface area contributed by atoms with Crippen LogP contribution in [0.25, 0.3) is 0 Å². The molecule has 254 valence electrons. The van der Waals surface area contributed by atoms with Crippen LogP contribution in [0.15, 0.2) is 114 Å². The Morgan fingerprint density at radius 2 is 1.23 bits per heavy atom. The molecule has 0 spiro atoms. The zero-order valence-corrected chi connectivity index (χ0v) is 28.9. The number of anilines is 1. The van der Waals surface area contributed by atoms with Gasteiger partial charge in [0.05, 0.1) is 46.2 Å². The van der Waals surface area contributed by atoms with E-state index in [2.05, 4.69) is 63.3 Å². The van der Waals surface area contributed by atoms with Crippen molar-refractivity contribution in [1.82, 2.24) is 0 Å². The van der Waals surface area contributed by atoms with Gasteiger partial charge >= 0.3 is 0 Å². The van der Waals surface area contributed by atoms with E-state index in [1.807, 2.05) is 66.7 Å². The molecule has 9 heteroatoms. The van der Waals surface area contributed by atoms with Crippen LogP contribution < -0.4 is 4.90 Å². The van der Waals surface area contributed by atoms with Crippen molar-refractivity contribution >= 4 is 21.6 Å². The molecule has 0 amide bonds. The normalized spacial score (nSPS) is 22.9. The fourth-order valence-electron chi connectivity index (χ4n) is 6.11. The Labute approximate surface area is 291 Å². The van der Waals surface area contributed by atoms with Crippen LogP contribution in [0.3, 0.4) is 0 Å². The van der Waals surface area contributed by atoms with Gasteiger partial charge in [-0.25, -0.2) is 0 Å². The minimum atomic E-state index is -0.709. The van der Waals surface area contributed by atoms with Crippen LogP contribution in [-0.4, -0.2) is 70.7 Å². The molecule has 0 aromatic heterocycles. The number of rotatable bonds is 15. The van der Waals surface area contributed by atoms with Crippen LogP contribution >= 0.6 is 15.9 Å². The Bertz CT molecular complexity index is 1500. The van der Waals surface area contributed by atoms with E-state index in [1.54, 1.807) is 7.11 Å². The second-order valence-corrected chi connectivity index (χ2v) is 12.9. The number of morpholine rings is 1. The lowest BCUT2D eigenvalue weighted by Crippen LogP contribution is -2.61. The van der Waals surface area contributed by atoms with E-state index in [4.69, 9.17) is 33.2 Å². The Kier molecular flexibility index (Phi) is 13.1. The molecule has 2 aliphatic heterocycles. The SMILES string of the molecule is CO[C@@H]1O[C@H](COCc2ccc(Br)cc2)[C@@H](OCc2ccccc2)[C@H](OCc2ccccc2)[C@H]1OCc1ccccc1N1CCOCC1. The van der Waals surface area contributed by atoms with Gasteiger partial charge in [-0.2, -0.15) is 0 Å². The molecule has 6 rings (SSSR count). The van der Waals surface area contributed by atoms with Crippen LogP contribution in [0.5, 0.6) is 0 Å². The third-order valence-corrected chi connectivity index (χ3v) is 9.16. The highest BCUT2D eigenvalue weighted by molar-refractivity contribution is 9.10. The highest BCUT2D eigenvalue weighted by Crippen LogP contribution is 2.32. The first-order chi connectivity index (χ1) is 23.7. The largest absolute Gasteiger partial charge is 0.378 e. The molecule has 0 N–H and O–H groups in total. The van der Waals surface area contributed by atoms with E-state index in [0.717, 1.165) is 45.5 Å². The van der Waals surface area contributed by atoms with Gasteiger partial charge in [0.2, 0.25) is 0 Å². The molecule has 2 heterocycles. The molecule has 4 aromatic carbocycles. The second-order valence-electron chi connectivity index (χ2n) is 11.9. The maximum atomic E-state index is 6.76. The van der Waals surface area contributed by atoms with Crippen LogP contribution in [0.4, 0.5) is 5.69 Å². The van der Waals surface area contributed by atoms with Gasteiger partial charge in [-0.15, -0.1) is 0 Å². The van der Waals surface area contributed by atoms with Crippen LogP contribution in [0.2, 0.25) is 0 Å². The summed E-state index contributed by atoms with van der Waals surface area (Å²) in [7, 11) is 1.64. The van der Waals surface area contributed by atoms with Crippen molar-refractivity contribution in [2.75, 3.05) is 44.9 Å². The van der Waals surface area contributed by atoms with Crippen LogP contribution in [0.1, 0.15) is 22.3 Å². The summed E-state index contributed by atoms with van der Waals surface area (Å²) in [6.07, 6.45) is -2.80. The maximum absolute atomic E-state index is 6.76. The van der Waals surface area contributed by atoms with Crippen molar-refractivity contribution in [3.8, 4) is 0 Å². The lowest BCUT2D eigenvalue weighted by atomic mass is 9.97. The molecule has 48 heavy (non-hydrogen) atoms. The number of halogens is 1. The molecule has 0 aliphatic carbocycles. The zero-order valence-electron chi connectivity index (χ0n) is 27.3. The smallest absolute Gasteiger partial charge is 0.186 e. The van der Waals surface area contributed by atoms with Crippen LogP contribution in [-0.2, 0) is 59.6 Å². The summed E-state index contributed by atoms with van der Waals surface area (Å²) in [5, 5.41) is 0. The monoisotopic (exact) mass is 717 g/mol. The third-order valence-electron chi connectivity index (χ3n) is 8.63. The molecule has 2 saturated heterocycles. The average molecular weight is 719 g/mol. The molecule has 2 fully saturated rings.